The van der Waals surface area contributed by atoms with Crippen LogP contribution in [0.15, 0.2) is 12.4 Å². The van der Waals surface area contributed by atoms with Crippen molar-refractivity contribution in [2.24, 2.45) is 5.41 Å². The summed E-state index contributed by atoms with van der Waals surface area (Å²) in [6, 6.07) is -0.360. The molecule has 0 saturated carbocycles. The first kappa shape index (κ1) is 14.4. The molecular formula is C13H20N6O. The topological polar surface area (TPSA) is 78.5 Å². The van der Waals surface area contributed by atoms with Gasteiger partial charge >= 0.3 is 6.03 Å². The molecule has 2 rings (SSSR count). The van der Waals surface area contributed by atoms with Crippen LogP contribution in [0, 0.1) is 5.41 Å². The van der Waals surface area contributed by atoms with Crippen LogP contribution in [0.3, 0.4) is 0 Å². The van der Waals surface area contributed by atoms with E-state index in [4.69, 9.17) is 0 Å². The number of rotatable bonds is 2. The Bertz CT molecular complexity index is 591. The molecule has 20 heavy (non-hydrogen) atoms. The van der Waals surface area contributed by atoms with Crippen molar-refractivity contribution >= 4 is 6.03 Å². The van der Waals surface area contributed by atoms with E-state index in [1.54, 1.807) is 0 Å². The monoisotopic (exact) mass is 276 g/mol. The fraction of sp³-hybridized carbons (Fsp3) is 0.615. The minimum absolute atomic E-state index is 0.0335. The Balaban J connectivity index is 2.45. The zero-order valence-corrected chi connectivity index (χ0v) is 12.5. The van der Waals surface area contributed by atoms with Crippen molar-refractivity contribution in [3.05, 3.63) is 23.8 Å². The van der Waals surface area contributed by atoms with Crippen molar-refractivity contribution in [2.75, 3.05) is 0 Å². The van der Waals surface area contributed by atoms with E-state index < -0.39 is 0 Å². The van der Waals surface area contributed by atoms with Gasteiger partial charge in [-0.1, -0.05) is 45.0 Å². The second kappa shape index (κ2) is 5.15. The van der Waals surface area contributed by atoms with Gasteiger partial charge in [-0.2, -0.15) is 9.36 Å². The van der Waals surface area contributed by atoms with Gasteiger partial charge in [-0.3, -0.25) is 0 Å². The van der Waals surface area contributed by atoms with Crippen LogP contribution in [-0.4, -0.2) is 36.0 Å². The smallest absolute Gasteiger partial charge is 0.243 e. The molecule has 0 aliphatic heterocycles. The molecule has 0 fully saturated rings. The van der Waals surface area contributed by atoms with Gasteiger partial charge in [0, 0.05) is 0 Å². The molecule has 2 heterocycles. The Morgan fingerprint density at radius 1 is 1.30 bits per heavy atom. The summed E-state index contributed by atoms with van der Waals surface area (Å²) >= 11 is 0. The minimum Gasteiger partial charge on any atom is -0.243 e. The Morgan fingerprint density at radius 2 is 2.00 bits per heavy atom. The lowest BCUT2D eigenvalue weighted by Gasteiger charge is -2.19. The summed E-state index contributed by atoms with van der Waals surface area (Å²) in [5.74, 6) is 0.213. The van der Waals surface area contributed by atoms with Crippen molar-refractivity contribution in [1.29, 1.82) is 0 Å². The van der Waals surface area contributed by atoms with Crippen LogP contribution in [-0.2, 0) is 6.42 Å². The summed E-state index contributed by atoms with van der Waals surface area (Å²) in [5, 5.41) is 15.5. The fourth-order valence-electron chi connectivity index (χ4n) is 1.99. The lowest BCUT2D eigenvalue weighted by atomic mass is 9.88. The van der Waals surface area contributed by atoms with E-state index in [2.05, 4.69) is 41.4 Å². The van der Waals surface area contributed by atoms with Gasteiger partial charge in [0.1, 0.15) is 0 Å². The third-order valence-electron chi connectivity index (χ3n) is 2.84. The molecule has 0 saturated heterocycles. The van der Waals surface area contributed by atoms with E-state index >= 15 is 0 Å². The molecule has 0 radical (unpaired) electrons. The number of hydrogen-bond donors (Lipinski definition) is 0. The van der Waals surface area contributed by atoms with E-state index in [1.165, 1.54) is 17.1 Å². The third-order valence-corrected chi connectivity index (χ3v) is 2.84. The van der Waals surface area contributed by atoms with Crippen molar-refractivity contribution in [3.63, 3.8) is 0 Å². The molecule has 2 aromatic rings. The van der Waals surface area contributed by atoms with Gasteiger partial charge in [-0.25, -0.2) is 4.79 Å². The molecule has 7 heteroatoms. The maximum Gasteiger partial charge on any atom is 0.372 e. The maximum absolute atomic E-state index is 12.4. The van der Waals surface area contributed by atoms with Crippen molar-refractivity contribution < 1.29 is 4.79 Å². The lowest BCUT2D eigenvalue weighted by molar-refractivity contribution is 0.235. The van der Waals surface area contributed by atoms with Crippen molar-refractivity contribution in [1.82, 2.24) is 30.0 Å². The Labute approximate surface area is 118 Å². The van der Waals surface area contributed by atoms with Crippen molar-refractivity contribution in [3.8, 4) is 0 Å². The van der Waals surface area contributed by atoms with E-state index in [9.17, 15) is 4.79 Å². The fourth-order valence-corrected chi connectivity index (χ4v) is 1.99. The Kier molecular flexibility index (Phi) is 3.69. The second-order valence-electron chi connectivity index (χ2n) is 6.36. The summed E-state index contributed by atoms with van der Waals surface area (Å²) < 4.78 is 2.49. The summed E-state index contributed by atoms with van der Waals surface area (Å²) in [6.45, 7) is 10.4. The summed E-state index contributed by atoms with van der Waals surface area (Å²) in [7, 11) is 0. The summed E-state index contributed by atoms with van der Waals surface area (Å²) in [5.41, 5.74) is 1.73. The summed E-state index contributed by atoms with van der Waals surface area (Å²) in [4.78, 5) is 12.4. The largest absolute Gasteiger partial charge is 0.372 e. The molecule has 0 aliphatic rings. The van der Waals surface area contributed by atoms with Crippen LogP contribution in [0.1, 0.15) is 51.9 Å². The number of carbonyl (C=O) groups is 1. The first-order valence-electron chi connectivity index (χ1n) is 6.65. The molecular weight excluding hydrogens is 256 g/mol. The number of aromatic nitrogens is 6. The zero-order valence-electron chi connectivity index (χ0n) is 12.5. The molecule has 0 bridgehead atoms. The molecule has 0 unspecified atom stereocenters. The van der Waals surface area contributed by atoms with Crippen LogP contribution < -0.4 is 0 Å². The quantitative estimate of drug-likeness (QED) is 0.839. The molecule has 0 aliphatic carbocycles. The third kappa shape index (κ3) is 2.92. The van der Waals surface area contributed by atoms with Crippen molar-refractivity contribution in [2.45, 2.75) is 47.0 Å². The van der Waals surface area contributed by atoms with Crippen LogP contribution in [0.5, 0.6) is 0 Å². The predicted molar refractivity (Wildman–Crippen MR) is 73.5 cm³/mol. The molecule has 0 amide bonds. The normalized spacial score (nSPS) is 12.1. The first-order chi connectivity index (χ1) is 9.29. The van der Waals surface area contributed by atoms with Gasteiger partial charge in [0.25, 0.3) is 0 Å². The minimum atomic E-state index is -0.360. The van der Waals surface area contributed by atoms with Crippen LogP contribution in [0.25, 0.3) is 0 Å². The Hall–Kier alpha value is -2.05. The van der Waals surface area contributed by atoms with E-state index in [0.717, 1.165) is 16.1 Å². The van der Waals surface area contributed by atoms with Gasteiger partial charge in [-0.05, 0) is 17.8 Å². The molecule has 2 aromatic heterocycles. The van der Waals surface area contributed by atoms with Crippen LogP contribution in [0.4, 0.5) is 4.79 Å². The number of nitrogens with zero attached hydrogens (tertiary/aromatic N) is 6. The predicted octanol–water partition coefficient (Wildman–Crippen LogP) is 2.10. The van der Waals surface area contributed by atoms with E-state index in [0.29, 0.717) is 6.42 Å². The van der Waals surface area contributed by atoms with Gasteiger partial charge < -0.3 is 0 Å². The van der Waals surface area contributed by atoms with E-state index in [1.807, 2.05) is 13.8 Å². The maximum atomic E-state index is 12.4. The number of carbonyl (C=O) groups excluding carboxylic acids is 1. The second-order valence-corrected chi connectivity index (χ2v) is 6.36. The molecule has 7 nitrogen and oxygen atoms in total. The lowest BCUT2D eigenvalue weighted by Crippen LogP contribution is -2.25. The van der Waals surface area contributed by atoms with E-state index in [-0.39, 0.29) is 17.4 Å². The molecule has 0 atom stereocenters. The zero-order chi connectivity index (χ0) is 14.9. The SMILES string of the molecule is CC(C)c1nnn(C(=O)n2ccnn2)c1CC(C)(C)C. The van der Waals surface area contributed by atoms with Gasteiger partial charge in [0.15, 0.2) is 0 Å². The summed E-state index contributed by atoms with van der Waals surface area (Å²) in [6.07, 6.45) is 3.68. The van der Waals surface area contributed by atoms with Gasteiger partial charge in [0.2, 0.25) is 0 Å². The van der Waals surface area contributed by atoms with Crippen LogP contribution in [0.2, 0.25) is 0 Å². The highest BCUT2D eigenvalue weighted by Gasteiger charge is 2.25. The van der Waals surface area contributed by atoms with Crippen LogP contribution >= 0.6 is 0 Å². The molecule has 0 spiro atoms. The van der Waals surface area contributed by atoms with Gasteiger partial charge in [0.05, 0.1) is 23.8 Å². The van der Waals surface area contributed by atoms with Gasteiger partial charge in [-0.15, -0.1) is 10.2 Å². The Morgan fingerprint density at radius 3 is 2.50 bits per heavy atom. The number of hydrogen-bond acceptors (Lipinski definition) is 5. The standard InChI is InChI=1S/C13H20N6O/c1-9(2)11-10(8-13(3,4)5)19(17-15-11)12(20)18-7-6-14-16-18/h6-7,9H,8H2,1-5H3. The highest BCUT2D eigenvalue weighted by Crippen LogP contribution is 2.25. The highest BCUT2D eigenvalue weighted by molar-refractivity contribution is 5.78. The molecule has 0 aromatic carbocycles. The average molecular weight is 276 g/mol. The first-order valence-corrected chi connectivity index (χ1v) is 6.65. The average Bonchev–Trinajstić information content (AvgIpc) is 2.94. The molecule has 0 N–H and O–H groups in total. The molecule has 108 valence electrons. The highest BCUT2D eigenvalue weighted by atomic mass is 16.2.